The van der Waals surface area contributed by atoms with Crippen LogP contribution in [0.15, 0.2) is 46.3 Å². The van der Waals surface area contributed by atoms with Crippen molar-refractivity contribution in [1.29, 1.82) is 0 Å². The zero-order valence-corrected chi connectivity index (χ0v) is 15.1. The highest BCUT2D eigenvalue weighted by atomic mass is 35.5. The van der Waals surface area contributed by atoms with Gasteiger partial charge in [-0.2, -0.15) is 0 Å². The monoisotopic (exact) mass is 374 g/mol. The van der Waals surface area contributed by atoms with E-state index in [-0.39, 0.29) is 17.4 Å². The zero-order valence-electron chi connectivity index (χ0n) is 13.5. The minimum atomic E-state index is -0.283. The third kappa shape index (κ3) is 3.97. The van der Waals surface area contributed by atoms with Crippen LogP contribution in [0.25, 0.3) is 6.08 Å². The van der Waals surface area contributed by atoms with Crippen molar-refractivity contribution in [2.24, 2.45) is 4.99 Å². The number of benzene rings is 2. The second-order valence-electron chi connectivity index (χ2n) is 5.36. The van der Waals surface area contributed by atoms with Gasteiger partial charge in [-0.25, -0.2) is 4.99 Å². The molecule has 5 nitrogen and oxygen atoms in total. The molecular formula is C18H15ClN2O3S. The molecule has 0 bridgehead atoms. The average Bonchev–Trinajstić information content (AvgIpc) is 2.92. The number of thioether (sulfide) groups is 1. The largest absolute Gasteiger partial charge is 0.504 e. The Bertz CT molecular complexity index is 892. The molecule has 1 amide bonds. The molecule has 2 N–H and O–H groups in total. The number of hydrogen-bond donors (Lipinski definition) is 2. The molecule has 2 aromatic carbocycles. The predicted molar refractivity (Wildman–Crippen MR) is 102 cm³/mol. The number of ether oxygens (including phenoxy) is 1. The van der Waals surface area contributed by atoms with Crippen LogP contribution in [-0.4, -0.2) is 23.3 Å². The van der Waals surface area contributed by atoms with Crippen LogP contribution < -0.4 is 10.1 Å². The summed E-state index contributed by atoms with van der Waals surface area (Å²) in [6.07, 6.45) is 1.56. The Kier molecular flexibility index (Phi) is 5.01. The number of amides is 1. The van der Waals surface area contributed by atoms with Crippen LogP contribution in [0.5, 0.6) is 11.5 Å². The number of aryl methyl sites for hydroxylation is 1. The Morgan fingerprint density at radius 2 is 2.00 bits per heavy atom. The molecule has 0 aliphatic carbocycles. The average molecular weight is 375 g/mol. The molecule has 0 radical (unpaired) electrons. The number of phenols is 1. The van der Waals surface area contributed by atoms with Crippen LogP contribution >= 0.6 is 23.4 Å². The van der Waals surface area contributed by atoms with Crippen LogP contribution in [0.1, 0.15) is 11.1 Å². The number of nitrogens with zero attached hydrogens (tertiary/aromatic N) is 1. The zero-order chi connectivity index (χ0) is 18.0. The van der Waals surface area contributed by atoms with E-state index in [2.05, 4.69) is 10.3 Å². The predicted octanol–water partition coefficient (Wildman–Crippen LogP) is 4.25. The lowest BCUT2D eigenvalue weighted by atomic mass is 10.1. The van der Waals surface area contributed by atoms with E-state index in [0.29, 0.717) is 20.7 Å². The fraction of sp³-hybridized carbons (Fsp3) is 0.111. The Balaban J connectivity index is 1.89. The molecule has 1 saturated heterocycles. The minimum Gasteiger partial charge on any atom is -0.504 e. The topological polar surface area (TPSA) is 70.9 Å². The summed E-state index contributed by atoms with van der Waals surface area (Å²) in [6, 6.07) is 10.7. The highest BCUT2D eigenvalue weighted by molar-refractivity contribution is 8.18. The molecule has 1 aliphatic heterocycles. The van der Waals surface area contributed by atoms with E-state index in [1.807, 2.05) is 31.2 Å². The summed E-state index contributed by atoms with van der Waals surface area (Å²) < 4.78 is 5.07. The number of carbonyl (C=O) groups excluding carboxylic acids is 1. The molecule has 0 saturated carbocycles. The van der Waals surface area contributed by atoms with Crippen LogP contribution in [0.2, 0.25) is 5.02 Å². The van der Waals surface area contributed by atoms with Crippen LogP contribution in [0, 0.1) is 6.92 Å². The Labute approximate surface area is 154 Å². The molecule has 0 unspecified atom stereocenters. The second kappa shape index (κ2) is 7.21. The van der Waals surface area contributed by atoms with Gasteiger partial charge in [0.05, 0.1) is 17.7 Å². The van der Waals surface area contributed by atoms with Crippen molar-refractivity contribution in [2.75, 3.05) is 7.11 Å². The minimum absolute atomic E-state index is 0.0725. The Morgan fingerprint density at radius 3 is 2.68 bits per heavy atom. The SMILES string of the molecule is COc1cc(Cl)cc(/C=C2\SC(=Nc3ccc(C)cc3)NC2=O)c1O. The summed E-state index contributed by atoms with van der Waals surface area (Å²) in [5.74, 6) is -0.109. The van der Waals surface area contributed by atoms with Gasteiger partial charge in [-0.3, -0.25) is 4.79 Å². The molecule has 0 atom stereocenters. The maximum atomic E-state index is 12.2. The summed E-state index contributed by atoms with van der Waals surface area (Å²) in [7, 11) is 1.44. The molecular weight excluding hydrogens is 360 g/mol. The smallest absolute Gasteiger partial charge is 0.264 e. The molecule has 0 aromatic heterocycles. The fourth-order valence-corrected chi connectivity index (χ4v) is 3.27. The normalized spacial score (nSPS) is 17.2. The van der Waals surface area contributed by atoms with Crippen LogP contribution in [-0.2, 0) is 4.79 Å². The van der Waals surface area contributed by atoms with Gasteiger partial charge in [0.2, 0.25) is 0 Å². The van der Waals surface area contributed by atoms with E-state index in [0.717, 1.165) is 11.3 Å². The van der Waals surface area contributed by atoms with Crippen LogP contribution in [0.4, 0.5) is 5.69 Å². The van der Waals surface area contributed by atoms with Gasteiger partial charge >= 0.3 is 0 Å². The van der Waals surface area contributed by atoms with Crippen molar-refractivity contribution in [3.05, 3.63) is 57.5 Å². The molecule has 3 rings (SSSR count). The Morgan fingerprint density at radius 1 is 1.28 bits per heavy atom. The number of hydrogen-bond acceptors (Lipinski definition) is 5. The van der Waals surface area contributed by atoms with Gasteiger partial charge in [0.1, 0.15) is 0 Å². The van der Waals surface area contributed by atoms with Crippen molar-refractivity contribution >= 4 is 46.2 Å². The number of aromatic hydroxyl groups is 1. The summed E-state index contributed by atoms with van der Waals surface area (Å²) in [5.41, 5.74) is 2.29. The van der Waals surface area contributed by atoms with E-state index >= 15 is 0 Å². The van der Waals surface area contributed by atoms with Crippen molar-refractivity contribution in [3.63, 3.8) is 0 Å². The van der Waals surface area contributed by atoms with E-state index in [1.54, 1.807) is 12.1 Å². The number of nitrogens with one attached hydrogen (secondary N) is 1. The summed E-state index contributed by atoms with van der Waals surface area (Å²) in [6.45, 7) is 2.00. The number of methoxy groups -OCH3 is 1. The third-order valence-corrected chi connectivity index (χ3v) is 4.62. The van der Waals surface area contributed by atoms with Gasteiger partial charge < -0.3 is 15.2 Å². The van der Waals surface area contributed by atoms with E-state index in [4.69, 9.17) is 16.3 Å². The lowest BCUT2D eigenvalue weighted by Crippen LogP contribution is -2.19. The summed E-state index contributed by atoms with van der Waals surface area (Å²) >= 11 is 7.22. The number of rotatable bonds is 3. The first-order chi connectivity index (χ1) is 12.0. The van der Waals surface area contributed by atoms with Crippen molar-refractivity contribution < 1.29 is 14.6 Å². The number of phenolic OH excluding ortho intramolecular Hbond substituents is 1. The van der Waals surface area contributed by atoms with Gasteiger partial charge in [-0.15, -0.1) is 0 Å². The number of halogens is 1. The first-order valence-corrected chi connectivity index (χ1v) is 8.58. The first kappa shape index (κ1) is 17.4. The van der Waals surface area contributed by atoms with E-state index in [9.17, 15) is 9.90 Å². The third-order valence-electron chi connectivity index (χ3n) is 3.49. The van der Waals surface area contributed by atoms with Gasteiger partial charge in [0, 0.05) is 16.7 Å². The van der Waals surface area contributed by atoms with E-state index in [1.165, 1.54) is 24.9 Å². The number of amidine groups is 1. The van der Waals surface area contributed by atoms with Gasteiger partial charge in [-0.1, -0.05) is 29.3 Å². The fourth-order valence-electron chi connectivity index (χ4n) is 2.22. The molecule has 1 heterocycles. The lowest BCUT2D eigenvalue weighted by Gasteiger charge is -2.07. The van der Waals surface area contributed by atoms with Crippen molar-refractivity contribution in [2.45, 2.75) is 6.92 Å². The molecule has 25 heavy (non-hydrogen) atoms. The molecule has 7 heteroatoms. The van der Waals surface area contributed by atoms with E-state index < -0.39 is 0 Å². The number of carbonyl (C=O) groups is 1. The second-order valence-corrected chi connectivity index (χ2v) is 6.83. The molecule has 128 valence electrons. The van der Waals surface area contributed by atoms with Crippen molar-refractivity contribution in [1.82, 2.24) is 5.32 Å². The maximum absolute atomic E-state index is 12.2. The Hall–Kier alpha value is -2.44. The maximum Gasteiger partial charge on any atom is 0.264 e. The van der Waals surface area contributed by atoms with Gasteiger partial charge in [0.15, 0.2) is 16.7 Å². The lowest BCUT2D eigenvalue weighted by molar-refractivity contribution is -0.115. The number of aliphatic imine (C=N–C) groups is 1. The quantitative estimate of drug-likeness (QED) is 0.788. The van der Waals surface area contributed by atoms with Crippen molar-refractivity contribution in [3.8, 4) is 11.5 Å². The molecule has 1 fully saturated rings. The molecule has 2 aromatic rings. The van der Waals surface area contributed by atoms with Gasteiger partial charge in [0.25, 0.3) is 5.91 Å². The van der Waals surface area contributed by atoms with Gasteiger partial charge in [-0.05, 0) is 43.0 Å². The standard InChI is InChI=1S/C18H15ClN2O3S/c1-10-3-5-13(6-4-10)20-18-21-17(23)15(25-18)8-11-7-12(19)9-14(24-2)16(11)22/h3-9,22H,1-2H3,(H,20,21,23)/b15-8-. The highest BCUT2D eigenvalue weighted by Gasteiger charge is 2.24. The summed E-state index contributed by atoms with van der Waals surface area (Å²) in [5, 5.41) is 13.8. The summed E-state index contributed by atoms with van der Waals surface area (Å²) in [4.78, 5) is 17.0. The highest BCUT2D eigenvalue weighted by Crippen LogP contribution is 2.37. The first-order valence-electron chi connectivity index (χ1n) is 7.39. The molecule has 1 aliphatic rings. The van der Waals surface area contributed by atoms with Crippen LogP contribution in [0.3, 0.4) is 0 Å². The molecule has 0 spiro atoms.